The number of hydrogen-bond acceptors (Lipinski definition) is 5. The number of rotatable bonds is 3. The lowest BCUT2D eigenvalue weighted by Crippen LogP contribution is -2.07. The number of nitrogen functional groups attached to an aromatic ring is 1. The van der Waals surface area contributed by atoms with Crippen LogP contribution in [0.3, 0.4) is 0 Å². The van der Waals surface area contributed by atoms with Gasteiger partial charge in [0.1, 0.15) is 11.6 Å². The van der Waals surface area contributed by atoms with E-state index in [0.717, 1.165) is 28.1 Å². The average Bonchev–Trinajstić information content (AvgIpc) is 3.02. The molecule has 0 aromatic carbocycles. The van der Waals surface area contributed by atoms with E-state index in [1.807, 2.05) is 57.6 Å². The second kappa shape index (κ2) is 9.71. The summed E-state index contributed by atoms with van der Waals surface area (Å²) in [6.45, 7) is 14.7. The Morgan fingerprint density at radius 2 is 1.80 bits per heavy atom. The Morgan fingerprint density at radius 1 is 1.12 bits per heavy atom. The number of aromatic nitrogens is 5. The molecule has 0 aliphatic heterocycles. The maximum absolute atomic E-state index is 5.90. The Kier molecular flexibility index (Phi) is 7.98. The first-order valence-corrected chi connectivity index (χ1v) is 8.95. The number of nitrogens with two attached hydrogens (primary N) is 1. The normalized spacial score (nSPS) is 10.1. The lowest BCUT2D eigenvalue weighted by Gasteiger charge is -2.09. The van der Waals surface area contributed by atoms with Crippen LogP contribution in [0.4, 0.5) is 5.82 Å². The van der Waals surface area contributed by atoms with Crippen LogP contribution in [0.25, 0.3) is 11.0 Å². The number of aryl methyl sites for hydroxylation is 1. The molecule has 3 rings (SSSR count). The SMILES string of the molecule is CC.CC.Cc1nc(C(C)C)c2cnn(Cc3cccnc3N)c2n1. The minimum absolute atomic E-state index is 0.329. The number of fused-ring (bicyclic) bond motifs is 1. The topological polar surface area (TPSA) is 82.5 Å². The van der Waals surface area contributed by atoms with E-state index in [1.165, 1.54) is 0 Å². The fraction of sp³-hybridized carbons (Fsp3) is 0.474. The summed E-state index contributed by atoms with van der Waals surface area (Å²) in [5.74, 6) is 1.61. The van der Waals surface area contributed by atoms with Crippen molar-refractivity contribution < 1.29 is 0 Å². The van der Waals surface area contributed by atoms with Gasteiger partial charge in [-0.1, -0.05) is 47.6 Å². The molecule has 0 spiro atoms. The summed E-state index contributed by atoms with van der Waals surface area (Å²) in [5, 5.41) is 5.44. The zero-order valence-corrected chi connectivity index (χ0v) is 16.4. The minimum Gasteiger partial charge on any atom is -0.383 e. The van der Waals surface area contributed by atoms with Crippen LogP contribution in [-0.2, 0) is 6.54 Å². The zero-order valence-electron chi connectivity index (χ0n) is 16.4. The van der Waals surface area contributed by atoms with E-state index < -0.39 is 0 Å². The van der Waals surface area contributed by atoms with Gasteiger partial charge >= 0.3 is 0 Å². The van der Waals surface area contributed by atoms with E-state index in [-0.39, 0.29) is 0 Å². The molecule has 0 aliphatic carbocycles. The Morgan fingerprint density at radius 3 is 2.40 bits per heavy atom. The molecule has 0 unspecified atom stereocenters. The smallest absolute Gasteiger partial charge is 0.162 e. The van der Waals surface area contributed by atoms with Crippen molar-refractivity contribution in [3.63, 3.8) is 0 Å². The Balaban J connectivity index is 0.000000730. The fourth-order valence-electron chi connectivity index (χ4n) is 2.39. The molecule has 136 valence electrons. The summed E-state index contributed by atoms with van der Waals surface area (Å²) in [6, 6.07) is 3.82. The molecule has 3 aromatic rings. The van der Waals surface area contributed by atoms with E-state index >= 15 is 0 Å². The van der Waals surface area contributed by atoms with Gasteiger partial charge in [-0.3, -0.25) is 0 Å². The third kappa shape index (κ3) is 4.75. The molecular formula is C19H30N6. The van der Waals surface area contributed by atoms with E-state index in [4.69, 9.17) is 5.73 Å². The highest BCUT2D eigenvalue weighted by Crippen LogP contribution is 2.23. The van der Waals surface area contributed by atoms with E-state index in [1.54, 1.807) is 6.20 Å². The molecule has 0 radical (unpaired) electrons. The summed E-state index contributed by atoms with van der Waals surface area (Å²) in [6.07, 6.45) is 3.51. The molecular weight excluding hydrogens is 312 g/mol. The third-order valence-corrected chi connectivity index (χ3v) is 3.43. The van der Waals surface area contributed by atoms with E-state index in [2.05, 4.69) is 33.9 Å². The summed E-state index contributed by atoms with van der Waals surface area (Å²) < 4.78 is 1.85. The predicted molar refractivity (Wildman–Crippen MR) is 105 cm³/mol. The van der Waals surface area contributed by atoms with Crippen LogP contribution in [0.2, 0.25) is 0 Å². The molecule has 0 fully saturated rings. The molecule has 0 saturated carbocycles. The van der Waals surface area contributed by atoms with Crippen LogP contribution in [0, 0.1) is 6.92 Å². The van der Waals surface area contributed by atoms with Crippen LogP contribution in [0.15, 0.2) is 24.5 Å². The molecule has 25 heavy (non-hydrogen) atoms. The van der Waals surface area contributed by atoms with E-state index in [0.29, 0.717) is 18.3 Å². The molecule has 0 aliphatic rings. The van der Waals surface area contributed by atoms with Gasteiger partial charge in [-0.25, -0.2) is 19.6 Å². The monoisotopic (exact) mass is 342 g/mol. The average molecular weight is 342 g/mol. The first-order chi connectivity index (χ1) is 12.1. The third-order valence-electron chi connectivity index (χ3n) is 3.43. The van der Waals surface area contributed by atoms with Gasteiger partial charge in [0, 0.05) is 11.8 Å². The molecule has 0 saturated heterocycles. The van der Waals surface area contributed by atoms with Crippen molar-refractivity contribution in [3.8, 4) is 0 Å². The van der Waals surface area contributed by atoms with Gasteiger partial charge in [-0.15, -0.1) is 0 Å². The van der Waals surface area contributed by atoms with Crippen molar-refractivity contribution in [1.82, 2.24) is 24.7 Å². The number of hydrogen-bond donors (Lipinski definition) is 1. The van der Waals surface area contributed by atoms with Crippen molar-refractivity contribution in [1.29, 1.82) is 0 Å². The van der Waals surface area contributed by atoms with Crippen molar-refractivity contribution >= 4 is 16.9 Å². The highest BCUT2D eigenvalue weighted by Gasteiger charge is 2.14. The van der Waals surface area contributed by atoms with Crippen molar-refractivity contribution in [2.75, 3.05) is 5.73 Å². The van der Waals surface area contributed by atoms with Crippen LogP contribution < -0.4 is 5.73 Å². The quantitative estimate of drug-likeness (QED) is 0.765. The molecule has 0 amide bonds. The lowest BCUT2D eigenvalue weighted by molar-refractivity contribution is 0.701. The second-order valence-corrected chi connectivity index (χ2v) is 5.40. The standard InChI is InChI=1S/C15H18N6.2C2H6/c1-9(2)13-12-7-18-21(15(12)20-10(3)19-13)8-11-5-4-6-17-14(11)16;2*1-2/h4-7,9H,8H2,1-3H3,(H2,16,17);2*1-2H3. The Hall–Kier alpha value is -2.50. The first kappa shape index (κ1) is 20.5. The van der Waals surface area contributed by atoms with Crippen molar-refractivity contribution in [3.05, 3.63) is 41.6 Å². The summed E-state index contributed by atoms with van der Waals surface area (Å²) in [5.41, 5.74) is 8.71. The minimum atomic E-state index is 0.329. The van der Waals surface area contributed by atoms with Gasteiger partial charge in [-0.2, -0.15) is 5.10 Å². The molecule has 0 atom stereocenters. The zero-order chi connectivity index (χ0) is 19.0. The highest BCUT2D eigenvalue weighted by molar-refractivity contribution is 5.77. The first-order valence-electron chi connectivity index (χ1n) is 8.95. The highest BCUT2D eigenvalue weighted by atomic mass is 15.3. The van der Waals surface area contributed by atoms with Gasteiger partial charge < -0.3 is 5.73 Å². The maximum atomic E-state index is 5.90. The summed E-state index contributed by atoms with van der Waals surface area (Å²) >= 11 is 0. The Labute approximate surface area is 150 Å². The van der Waals surface area contributed by atoms with Gasteiger partial charge in [0.05, 0.1) is 23.8 Å². The largest absolute Gasteiger partial charge is 0.383 e. The number of anilines is 1. The van der Waals surface area contributed by atoms with Gasteiger partial charge in [0.25, 0.3) is 0 Å². The van der Waals surface area contributed by atoms with E-state index in [9.17, 15) is 0 Å². The van der Waals surface area contributed by atoms with Gasteiger partial charge in [0.2, 0.25) is 0 Å². The number of nitrogens with zero attached hydrogens (tertiary/aromatic N) is 5. The summed E-state index contributed by atoms with van der Waals surface area (Å²) in [7, 11) is 0. The molecule has 6 nitrogen and oxygen atoms in total. The van der Waals surface area contributed by atoms with Crippen LogP contribution in [0.5, 0.6) is 0 Å². The predicted octanol–water partition coefficient (Wildman–Crippen LogP) is 4.34. The molecule has 0 bridgehead atoms. The van der Waals surface area contributed by atoms with Crippen LogP contribution in [-0.4, -0.2) is 24.7 Å². The van der Waals surface area contributed by atoms with Crippen molar-refractivity contribution in [2.45, 2.75) is 60.9 Å². The molecule has 6 heteroatoms. The lowest BCUT2D eigenvalue weighted by atomic mass is 10.1. The van der Waals surface area contributed by atoms with Gasteiger partial charge in [0.15, 0.2) is 5.65 Å². The maximum Gasteiger partial charge on any atom is 0.162 e. The molecule has 3 aromatic heterocycles. The van der Waals surface area contributed by atoms with Crippen molar-refractivity contribution in [2.24, 2.45) is 0 Å². The molecule has 2 N–H and O–H groups in total. The van der Waals surface area contributed by atoms with Crippen LogP contribution in [0.1, 0.15) is 64.5 Å². The fourth-order valence-corrected chi connectivity index (χ4v) is 2.39. The summed E-state index contributed by atoms with van der Waals surface area (Å²) in [4.78, 5) is 13.2. The van der Waals surface area contributed by atoms with Gasteiger partial charge in [-0.05, 0) is 18.9 Å². The Bertz CT molecular complexity index is 792. The number of pyridine rings is 1. The van der Waals surface area contributed by atoms with Crippen LogP contribution >= 0.6 is 0 Å². The molecule has 3 heterocycles. The second-order valence-electron chi connectivity index (χ2n) is 5.40.